The Morgan fingerprint density at radius 3 is 2.24 bits per heavy atom. The molecule has 0 spiro atoms. The molecule has 1 N–H and O–H groups in total. The maximum absolute atomic E-state index is 5.89. The Morgan fingerprint density at radius 1 is 0.862 bits per heavy atom. The van der Waals surface area contributed by atoms with Gasteiger partial charge in [0.15, 0.2) is 11.5 Å². The summed E-state index contributed by atoms with van der Waals surface area (Å²) in [5.41, 5.74) is 6.13. The lowest BCUT2D eigenvalue weighted by Gasteiger charge is -2.09. The zero-order valence-electron chi connectivity index (χ0n) is 16.4. The summed E-state index contributed by atoms with van der Waals surface area (Å²) in [6.45, 7) is 1.08. The number of hydrogen-bond acceptors (Lipinski definition) is 5. The normalized spacial score (nSPS) is 10.7. The van der Waals surface area contributed by atoms with Crippen molar-refractivity contribution >= 4 is 17.8 Å². The van der Waals surface area contributed by atoms with Gasteiger partial charge in [0.1, 0.15) is 12.4 Å². The second kappa shape index (κ2) is 10.4. The molecule has 0 saturated heterocycles. The van der Waals surface area contributed by atoms with Gasteiger partial charge in [-0.2, -0.15) is 5.10 Å². The molecule has 0 aliphatic heterocycles. The summed E-state index contributed by atoms with van der Waals surface area (Å²) in [6, 6.07) is 21.1. The Hall–Kier alpha value is -3.18. The Bertz CT molecular complexity index is 941. The Morgan fingerprint density at radius 2 is 1.55 bits per heavy atom. The van der Waals surface area contributed by atoms with E-state index in [-0.39, 0.29) is 0 Å². The van der Waals surface area contributed by atoms with Crippen molar-refractivity contribution in [1.82, 2.24) is 5.43 Å². The van der Waals surface area contributed by atoms with Gasteiger partial charge in [0.2, 0.25) is 0 Å². The number of halogens is 1. The van der Waals surface area contributed by atoms with Crippen LogP contribution in [0.5, 0.6) is 17.2 Å². The van der Waals surface area contributed by atoms with Crippen molar-refractivity contribution in [3.05, 3.63) is 88.4 Å². The predicted molar refractivity (Wildman–Crippen MR) is 116 cm³/mol. The minimum atomic E-state index is 0.498. The molecule has 5 nitrogen and oxygen atoms in total. The van der Waals surface area contributed by atoms with E-state index in [0.717, 1.165) is 27.5 Å². The summed E-state index contributed by atoms with van der Waals surface area (Å²) < 4.78 is 16.3. The standard InChI is InChI=1S/C23H23ClN2O3/c1-27-22-12-7-19(13-23(22)28-2)15-26-25-14-17-5-10-21(11-6-17)29-16-18-3-8-20(24)9-4-18/h3-14,26H,15-16H2,1-2H3/b25-14+. The van der Waals surface area contributed by atoms with E-state index in [0.29, 0.717) is 24.7 Å². The maximum Gasteiger partial charge on any atom is 0.161 e. The largest absolute Gasteiger partial charge is 0.493 e. The first-order valence-electron chi connectivity index (χ1n) is 9.12. The molecule has 0 aliphatic rings. The first-order chi connectivity index (χ1) is 14.2. The van der Waals surface area contributed by atoms with E-state index < -0.39 is 0 Å². The van der Waals surface area contributed by atoms with Gasteiger partial charge in [0, 0.05) is 5.02 Å². The molecule has 3 aromatic carbocycles. The molecule has 0 aromatic heterocycles. The molecular formula is C23H23ClN2O3. The molecular weight excluding hydrogens is 388 g/mol. The first kappa shape index (κ1) is 20.6. The molecule has 3 rings (SSSR count). The summed E-state index contributed by atoms with van der Waals surface area (Å²) in [5, 5.41) is 4.99. The molecule has 3 aromatic rings. The highest BCUT2D eigenvalue weighted by atomic mass is 35.5. The van der Waals surface area contributed by atoms with Crippen LogP contribution < -0.4 is 19.6 Å². The van der Waals surface area contributed by atoms with Gasteiger partial charge in [0.25, 0.3) is 0 Å². The van der Waals surface area contributed by atoms with Crippen molar-refractivity contribution in [3.63, 3.8) is 0 Å². The fraction of sp³-hybridized carbons (Fsp3) is 0.174. The lowest BCUT2D eigenvalue weighted by molar-refractivity contribution is 0.306. The SMILES string of the molecule is COc1ccc(CN/N=C/c2ccc(OCc3ccc(Cl)cc3)cc2)cc1OC. The van der Waals surface area contributed by atoms with E-state index in [2.05, 4.69) is 10.5 Å². The maximum atomic E-state index is 5.89. The molecule has 0 unspecified atom stereocenters. The van der Waals surface area contributed by atoms with Crippen LogP contribution in [0.1, 0.15) is 16.7 Å². The summed E-state index contributed by atoms with van der Waals surface area (Å²) >= 11 is 5.89. The molecule has 0 bridgehead atoms. The van der Waals surface area contributed by atoms with Gasteiger partial charge >= 0.3 is 0 Å². The van der Waals surface area contributed by atoms with Crippen molar-refractivity contribution < 1.29 is 14.2 Å². The van der Waals surface area contributed by atoms with E-state index in [1.807, 2.05) is 66.7 Å². The summed E-state index contributed by atoms with van der Waals surface area (Å²) in [5.74, 6) is 2.21. The highest BCUT2D eigenvalue weighted by Gasteiger charge is 2.03. The van der Waals surface area contributed by atoms with Crippen molar-refractivity contribution in [2.45, 2.75) is 13.2 Å². The zero-order valence-corrected chi connectivity index (χ0v) is 17.1. The van der Waals surface area contributed by atoms with Crippen LogP contribution in [0.4, 0.5) is 0 Å². The number of nitrogens with one attached hydrogen (secondary N) is 1. The fourth-order valence-corrected chi connectivity index (χ4v) is 2.77. The summed E-state index contributed by atoms with van der Waals surface area (Å²) in [6.07, 6.45) is 1.77. The molecule has 0 heterocycles. The van der Waals surface area contributed by atoms with Crippen LogP contribution in [0.2, 0.25) is 5.02 Å². The van der Waals surface area contributed by atoms with Crippen LogP contribution in [0.25, 0.3) is 0 Å². The topological polar surface area (TPSA) is 52.1 Å². The quantitative estimate of drug-likeness (QED) is 0.395. The second-order valence-corrected chi connectivity index (χ2v) is 6.70. The van der Waals surface area contributed by atoms with E-state index in [1.165, 1.54) is 0 Å². The van der Waals surface area contributed by atoms with Crippen LogP contribution in [0.3, 0.4) is 0 Å². The Kier molecular flexibility index (Phi) is 7.36. The number of rotatable bonds is 9. The molecule has 0 saturated carbocycles. The summed E-state index contributed by atoms with van der Waals surface area (Å²) in [4.78, 5) is 0. The van der Waals surface area contributed by atoms with Crippen molar-refractivity contribution in [2.24, 2.45) is 5.10 Å². The van der Waals surface area contributed by atoms with Gasteiger partial charge in [-0.15, -0.1) is 0 Å². The van der Waals surface area contributed by atoms with Gasteiger partial charge < -0.3 is 19.6 Å². The molecule has 6 heteroatoms. The zero-order chi connectivity index (χ0) is 20.5. The number of ether oxygens (including phenoxy) is 3. The van der Waals surface area contributed by atoms with Crippen LogP contribution in [-0.4, -0.2) is 20.4 Å². The van der Waals surface area contributed by atoms with Crippen molar-refractivity contribution in [3.8, 4) is 17.2 Å². The fourth-order valence-electron chi connectivity index (χ4n) is 2.65. The molecule has 29 heavy (non-hydrogen) atoms. The number of methoxy groups -OCH3 is 2. The second-order valence-electron chi connectivity index (χ2n) is 6.27. The Labute approximate surface area is 175 Å². The molecule has 0 amide bonds. The monoisotopic (exact) mass is 410 g/mol. The molecule has 0 fully saturated rings. The smallest absolute Gasteiger partial charge is 0.161 e. The van der Waals surface area contributed by atoms with E-state index in [4.69, 9.17) is 25.8 Å². The van der Waals surface area contributed by atoms with Gasteiger partial charge in [-0.1, -0.05) is 29.8 Å². The third-order valence-electron chi connectivity index (χ3n) is 4.23. The average molecular weight is 411 g/mol. The van der Waals surface area contributed by atoms with E-state index in [1.54, 1.807) is 20.4 Å². The lowest BCUT2D eigenvalue weighted by Crippen LogP contribution is -2.06. The van der Waals surface area contributed by atoms with E-state index in [9.17, 15) is 0 Å². The van der Waals surface area contributed by atoms with Crippen LogP contribution >= 0.6 is 11.6 Å². The van der Waals surface area contributed by atoms with Crippen molar-refractivity contribution in [2.75, 3.05) is 14.2 Å². The number of nitrogens with zero attached hydrogens (tertiary/aromatic N) is 1. The van der Waals surface area contributed by atoms with Gasteiger partial charge in [-0.3, -0.25) is 0 Å². The number of hydrogen-bond donors (Lipinski definition) is 1. The van der Waals surface area contributed by atoms with Gasteiger partial charge in [-0.25, -0.2) is 0 Å². The van der Waals surface area contributed by atoms with Crippen LogP contribution in [0, 0.1) is 0 Å². The van der Waals surface area contributed by atoms with Crippen LogP contribution in [0.15, 0.2) is 71.8 Å². The van der Waals surface area contributed by atoms with Gasteiger partial charge in [-0.05, 0) is 65.2 Å². The first-order valence-corrected chi connectivity index (χ1v) is 9.50. The lowest BCUT2D eigenvalue weighted by atomic mass is 10.2. The highest BCUT2D eigenvalue weighted by Crippen LogP contribution is 2.27. The molecule has 150 valence electrons. The van der Waals surface area contributed by atoms with Crippen LogP contribution in [-0.2, 0) is 13.2 Å². The minimum Gasteiger partial charge on any atom is -0.493 e. The third-order valence-corrected chi connectivity index (χ3v) is 4.49. The van der Waals surface area contributed by atoms with Crippen molar-refractivity contribution in [1.29, 1.82) is 0 Å². The molecule has 0 radical (unpaired) electrons. The summed E-state index contributed by atoms with van der Waals surface area (Å²) in [7, 11) is 3.24. The van der Waals surface area contributed by atoms with Gasteiger partial charge in [0.05, 0.1) is 27.0 Å². The minimum absolute atomic E-state index is 0.498. The molecule has 0 atom stereocenters. The number of benzene rings is 3. The Balaban J connectivity index is 1.48. The molecule has 0 aliphatic carbocycles. The number of hydrazone groups is 1. The van der Waals surface area contributed by atoms with E-state index >= 15 is 0 Å². The third kappa shape index (κ3) is 6.16. The predicted octanol–water partition coefficient (Wildman–Crippen LogP) is 5.06. The highest BCUT2D eigenvalue weighted by molar-refractivity contribution is 6.30. The average Bonchev–Trinajstić information content (AvgIpc) is 2.77.